The lowest BCUT2D eigenvalue weighted by Crippen LogP contribution is -2.36. The predicted octanol–water partition coefficient (Wildman–Crippen LogP) is 10.1. The van der Waals surface area contributed by atoms with Gasteiger partial charge in [-0.2, -0.15) is 0 Å². The summed E-state index contributed by atoms with van der Waals surface area (Å²) in [5.74, 6) is -1.99. The normalized spacial score (nSPS) is 12.1. The molecule has 0 radical (unpaired) electrons. The summed E-state index contributed by atoms with van der Waals surface area (Å²) in [7, 11) is 0. The van der Waals surface area contributed by atoms with Crippen LogP contribution < -0.4 is 16.4 Å². The number of aryl methyl sites for hydroxylation is 3. The van der Waals surface area contributed by atoms with Crippen molar-refractivity contribution in [3.8, 4) is 33.8 Å². The number of amides is 2. The smallest absolute Gasteiger partial charge is 0.341 e. The summed E-state index contributed by atoms with van der Waals surface area (Å²) in [5.41, 5.74) is 14.2. The second kappa shape index (κ2) is 25.7. The van der Waals surface area contributed by atoms with E-state index in [1.807, 2.05) is 67.9 Å². The van der Waals surface area contributed by atoms with Gasteiger partial charge >= 0.3 is 17.9 Å². The SMILES string of the molecule is CCOC(=O)c1c(-c2ccc(C)cn2)csc1N.CCOC(=O)c1c(-c2ccc(C)cn2)csc1NC(=O)CCl.CCOC(=O)c1c(-c2ccc(C)cn2)csc1NC(=O)CN1CCCCC1. The van der Waals surface area contributed by atoms with Crippen molar-refractivity contribution in [2.24, 2.45) is 0 Å². The van der Waals surface area contributed by atoms with Crippen molar-refractivity contribution in [2.75, 3.05) is 61.7 Å². The lowest BCUT2D eigenvalue weighted by Gasteiger charge is -2.25. The maximum absolute atomic E-state index is 12.6. The number of nitrogens with two attached hydrogens (primary N) is 1. The van der Waals surface area contributed by atoms with Gasteiger partial charge < -0.3 is 30.6 Å². The molecule has 1 aliphatic rings. The zero-order valence-corrected chi connectivity index (χ0v) is 41.4. The molecule has 67 heavy (non-hydrogen) atoms. The van der Waals surface area contributed by atoms with Crippen molar-refractivity contribution < 1.29 is 38.2 Å². The maximum atomic E-state index is 12.6. The first kappa shape index (κ1) is 51.9. The van der Waals surface area contributed by atoms with Crippen LogP contribution in [0, 0.1) is 20.8 Å². The van der Waals surface area contributed by atoms with Crippen LogP contribution in [0.4, 0.5) is 15.0 Å². The zero-order valence-electron chi connectivity index (χ0n) is 38.2. The van der Waals surface area contributed by atoms with Crippen LogP contribution in [-0.2, 0) is 23.8 Å². The quantitative estimate of drug-likeness (QED) is 0.0529. The second-order valence-corrected chi connectivity index (χ2v) is 17.9. The number of ether oxygens (including phenoxy) is 3. The van der Waals surface area contributed by atoms with Gasteiger partial charge in [0.1, 0.15) is 37.6 Å². The summed E-state index contributed by atoms with van der Waals surface area (Å²) in [4.78, 5) is 75.8. The van der Waals surface area contributed by atoms with E-state index in [4.69, 9.17) is 31.5 Å². The highest BCUT2D eigenvalue weighted by Gasteiger charge is 2.26. The Morgan fingerprint density at radius 3 is 1.37 bits per heavy atom. The Balaban J connectivity index is 0.000000192. The summed E-state index contributed by atoms with van der Waals surface area (Å²) in [6, 6.07) is 11.4. The third kappa shape index (κ3) is 14.5. The molecule has 1 aliphatic heterocycles. The first-order valence-corrected chi connectivity index (χ1v) is 24.7. The van der Waals surface area contributed by atoms with E-state index in [-0.39, 0.29) is 30.9 Å². The fraction of sp³-hybridized carbons (Fsp3) is 0.333. The van der Waals surface area contributed by atoms with Crippen molar-refractivity contribution in [1.82, 2.24) is 19.9 Å². The van der Waals surface area contributed by atoms with Crippen LogP contribution in [0.5, 0.6) is 0 Å². The molecule has 0 unspecified atom stereocenters. The molecule has 0 aliphatic carbocycles. The summed E-state index contributed by atoms with van der Waals surface area (Å²) in [5, 5.41) is 12.4. The third-order valence-corrected chi connectivity index (χ3v) is 12.7. The van der Waals surface area contributed by atoms with Crippen molar-refractivity contribution in [2.45, 2.75) is 60.8 Å². The summed E-state index contributed by atoms with van der Waals surface area (Å²) >= 11 is 9.39. The average molecular weight is 989 g/mol. The van der Waals surface area contributed by atoms with E-state index in [2.05, 4.69) is 30.5 Å². The van der Waals surface area contributed by atoms with Crippen LogP contribution in [-0.4, -0.2) is 94.9 Å². The molecule has 0 saturated carbocycles. The molecule has 0 aromatic carbocycles. The van der Waals surface area contributed by atoms with Gasteiger partial charge in [0.15, 0.2) is 0 Å². The summed E-state index contributed by atoms with van der Waals surface area (Å²) in [6.07, 6.45) is 8.73. The van der Waals surface area contributed by atoms with Crippen molar-refractivity contribution >= 4 is 90.3 Å². The number of rotatable bonds is 14. The van der Waals surface area contributed by atoms with E-state index in [1.54, 1.807) is 44.7 Å². The van der Waals surface area contributed by atoms with E-state index < -0.39 is 17.9 Å². The topological polar surface area (TPSA) is 205 Å². The van der Waals surface area contributed by atoms with Crippen LogP contribution in [0.2, 0.25) is 0 Å². The molecule has 0 spiro atoms. The van der Waals surface area contributed by atoms with Crippen LogP contribution in [0.25, 0.3) is 33.8 Å². The predicted molar refractivity (Wildman–Crippen MR) is 267 cm³/mol. The van der Waals surface area contributed by atoms with Gasteiger partial charge in [-0.15, -0.1) is 45.6 Å². The molecular weight excluding hydrogens is 934 g/mol. The Hall–Kier alpha value is -6.05. The molecule has 2 amide bonds. The number of esters is 3. The molecule has 1 fully saturated rings. The number of thiophene rings is 3. The summed E-state index contributed by atoms with van der Waals surface area (Å²) in [6.45, 7) is 14.2. The van der Waals surface area contributed by atoms with E-state index in [0.717, 1.165) is 53.9 Å². The number of carbonyl (C=O) groups is 5. The van der Waals surface area contributed by atoms with Gasteiger partial charge in [0.05, 0.1) is 43.4 Å². The number of hydrogen-bond acceptors (Lipinski definition) is 16. The molecular formula is C48H54ClN7O8S3. The highest BCUT2D eigenvalue weighted by atomic mass is 35.5. The summed E-state index contributed by atoms with van der Waals surface area (Å²) < 4.78 is 15.3. The van der Waals surface area contributed by atoms with Crippen molar-refractivity contribution in [3.05, 3.63) is 105 Å². The van der Waals surface area contributed by atoms with E-state index >= 15 is 0 Å². The number of alkyl halides is 1. The van der Waals surface area contributed by atoms with E-state index in [1.165, 1.54) is 40.4 Å². The van der Waals surface area contributed by atoms with Gasteiger partial charge in [-0.1, -0.05) is 24.6 Å². The number of hydrogen-bond donors (Lipinski definition) is 3. The fourth-order valence-corrected chi connectivity index (χ4v) is 9.37. The van der Waals surface area contributed by atoms with Crippen LogP contribution in [0.1, 0.15) is 87.8 Å². The number of piperidine rings is 1. The van der Waals surface area contributed by atoms with Gasteiger partial charge in [-0.25, -0.2) is 14.4 Å². The largest absolute Gasteiger partial charge is 0.462 e. The number of likely N-dealkylation sites (tertiary alicyclic amines) is 1. The van der Waals surface area contributed by atoms with Crippen LogP contribution in [0.3, 0.4) is 0 Å². The standard InChI is InChI=1S/C20H25N3O3S.C15H15ClN2O3S.C13H14N2O2S/c1-3-26-20(25)18-15(16-8-7-14(2)11-21-16)13-27-19(18)22-17(24)12-23-9-5-4-6-10-23;1-3-21-15(20)13-10(11-5-4-9(2)7-17-11)8-22-14(13)18-12(19)6-16;1-3-17-13(16)11-9(7-18-12(11)14)10-5-4-8(2)6-15-10/h7-8,11,13H,3-6,9-10,12H2,1-2H3,(H,22,24);4-5,7-8H,3,6H2,1-2H3,(H,18,19);4-7H,3,14H2,1-2H3. The lowest BCUT2D eigenvalue weighted by molar-refractivity contribution is -0.117. The van der Waals surface area contributed by atoms with Gasteiger partial charge in [0.25, 0.3) is 0 Å². The van der Waals surface area contributed by atoms with Crippen molar-refractivity contribution in [1.29, 1.82) is 0 Å². The van der Waals surface area contributed by atoms with Gasteiger partial charge in [-0.3, -0.25) is 29.4 Å². The van der Waals surface area contributed by atoms with Gasteiger partial charge in [-0.05, 0) is 102 Å². The highest BCUT2D eigenvalue weighted by Crippen LogP contribution is 2.37. The first-order valence-electron chi connectivity index (χ1n) is 21.6. The lowest BCUT2D eigenvalue weighted by atomic mass is 10.1. The third-order valence-electron chi connectivity index (χ3n) is 9.85. The molecule has 19 heteroatoms. The molecule has 0 atom stereocenters. The van der Waals surface area contributed by atoms with Crippen molar-refractivity contribution in [3.63, 3.8) is 0 Å². The van der Waals surface area contributed by atoms with E-state index in [0.29, 0.717) is 67.4 Å². The molecule has 0 bridgehead atoms. The number of halogens is 1. The molecule has 1 saturated heterocycles. The highest BCUT2D eigenvalue weighted by molar-refractivity contribution is 7.16. The first-order chi connectivity index (χ1) is 32.3. The maximum Gasteiger partial charge on any atom is 0.341 e. The molecule has 7 rings (SSSR count). The molecule has 15 nitrogen and oxygen atoms in total. The average Bonchev–Trinajstić information content (AvgIpc) is 4.05. The van der Waals surface area contributed by atoms with Gasteiger partial charge in [0, 0.05) is 51.4 Å². The number of aromatic nitrogens is 3. The Kier molecular flexibility index (Phi) is 20.0. The number of pyridine rings is 3. The van der Waals surface area contributed by atoms with Gasteiger partial charge in [0.2, 0.25) is 11.8 Å². The fourth-order valence-electron chi connectivity index (χ4n) is 6.59. The minimum absolute atomic E-state index is 0.104. The number of anilines is 3. The number of nitrogens with one attached hydrogen (secondary N) is 2. The minimum atomic E-state index is -0.494. The monoisotopic (exact) mass is 987 g/mol. The molecule has 6 aromatic heterocycles. The second-order valence-electron chi connectivity index (χ2n) is 15.0. The Morgan fingerprint density at radius 2 is 0.985 bits per heavy atom. The van der Waals surface area contributed by atoms with E-state index in [9.17, 15) is 24.0 Å². The number of carbonyl (C=O) groups excluding carboxylic acids is 5. The Bertz CT molecular complexity index is 2610. The van der Waals surface area contributed by atoms with Crippen LogP contribution >= 0.6 is 45.6 Å². The number of nitrogen functional groups attached to an aromatic ring is 1. The Labute approximate surface area is 407 Å². The molecule has 7 heterocycles. The molecule has 6 aromatic rings. The Morgan fingerprint density at radius 1 is 0.597 bits per heavy atom. The zero-order chi connectivity index (χ0) is 48.5. The molecule has 354 valence electrons. The molecule has 4 N–H and O–H groups in total. The number of nitrogens with zero attached hydrogens (tertiary/aromatic N) is 4. The minimum Gasteiger partial charge on any atom is -0.462 e. The van der Waals surface area contributed by atoms with Crippen LogP contribution in [0.15, 0.2) is 71.1 Å².